The summed E-state index contributed by atoms with van der Waals surface area (Å²) in [5.74, 6) is -1.49. The summed E-state index contributed by atoms with van der Waals surface area (Å²) in [4.78, 5) is 12.4. The third kappa shape index (κ3) is 5.04. The van der Waals surface area contributed by atoms with Crippen molar-refractivity contribution in [2.45, 2.75) is 45.4 Å². The summed E-state index contributed by atoms with van der Waals surface area (Å²) >= 11 is 0. The highest BCUT2D eigenvalue weighted by atomic mass is 19.1. The summed E-state index contributed by atoms with van der Waals surface area (Å²) in [6.45, 7) is 2.22. The van der Waals surface area contributed by atoms with Crippen LogP contribution in [-0.2, 0) is 12.8 Å². The van der Waals surface area contributed by atoms with Crippen LogP contribution in [0.2, 0.25) is 0 Å². The lowest BCUT2D eigenvalue weighted by molar-refractivity contribution is 0.0985. The van der Waals surface area contributed by atoms with Gasteiger partial charge in [-0.15, -0.1) is 0 Å². The Bertz CT molecular complexity index is 1090. The van der Waals surface area contributed by atoms with E-state index in [0.717, 1.165) is 43.4 Å². The van der Waals surface area contributed by atoms with E-state index in [-0.39, 0.29) is 6.42 Å². The first-order chi connectivity index (χ1) is 15.5. The largest absolute Gasteiger partial charge is 0.294 e. The number of rotatable bonds is 7. The molecule has 1 atom stereocenters. The molecule has 1 unspecified atom stereocenters. The van der Waals surface area contributed by atoms with Gasteiger partial charge in [0.15, 0.2) is 5.78 Å². The lowest BCUT2D eigenvalue weighted by Gasteiger charge is -2.27. The molecule has 0 bridgehead atoms. The van der Waals surface area contributed by atoms with Crippen molar-refractivity contribution in [1.29, 1.82) is 0 Å². The zero-order valence-electron chi connectivity index (χ0n) is 18.4. The molecule has 0 saturated heterocycles. The first kappa shape index (κ1) is 22.1. The maximum absolute atomic E-state index is 13.9. The Hall–Kier alpha value is -3.07. The van der Waals surface area contributed by atoms with Crippen molar-refractivity contribution in [3.8, 4) is 0 Å². The fourth-order valence-corrected chi connectivity index (χ4v) is 4.79. The van der Waals surface area contributed by atoms with Crippen molar-refractivity contribution in [3.63, 3.8) is 0 Å². The standard InChI is InChI=1S/C29H28F2O/c1-2-23-18-22(17-20-7-4-3-5-8-20)13-16-25(23)24-14-11-21(12-15-24)19-28(32)29-26(30)9-6-10-27(29)31/h3-12,14-15,22H,2,13,16-19H2,1H3. The molecule has 1 nitrogen and oxygen atoms in total. The van der Waals surface area contributed by atoms with E-state index < -0.39 is 23.0 Å². The van der Waals surface area contributed by atoms with Gasteiger partial charge >= 0.3 is 0 Å². The van der Waals surface area contributed by atoms with E-state index in [1.54, 1.807) is 0 Å². The third-order valence-electron chi connectivity index (χ3n) is 6.47. The maximum atomic E-state index is 13.9. The highest BCUT2D eigenvalue weighted by molar-refractivity contribution is 5.98. The lowest BCUT2D eigenvalue weighted by Crippen LogP contribution is -2.13. The van der Waals surface area contributed by atoms with Gasteiger partial charge in [0.2, 0.25) is 0 Å². The van der Waals surface area contributed by atoms with Gasteiger partial charge in [0.25, 0.3) is 0 Å². The molecule has 0 radical (unpaired) electrons. The molecule has 3 aromatic rings. The van der Waals surface area contributed by atoms with Crippen molar-refractivity contribution in [3.05, 3.63) is 112 Å². The fourth-order valence-electron chi connectivity index (χ4n) is 4.79. The fraction of sp³-hybridized carbons (Fsp3) is 0.276. The molecule has 0 spiro atoms. The average molecular weight is 431 g/mol. The number of hydrogen-bond donors (Lipinski definition) is 0. The molecule has 0 saturated carbocycles. The van der Waals surface area contributed by atoms with Crippen LogP contribution in [0.4, 0.5) is 8.78 Å². The number of halogens is 2. The monoisotopic (exact) mass is 430 g/mol. The highest BCUT2D eigenvalue weighted by Crippen LogP contribution is 2.38. The number of benzene rings is 3. The number of allylic oxidation sites excluding steroid dienone is 2. The molecule has 0 fully saturated rings. The van der Waals surface area contributed by atoms with Gasteiger partial charge in [-0.1, -0.05) is 73.2 Å². The average Bonchev–Trinajstić information content (AvgIpc) is 2.80. The summed E-state index contributed by atoms with van der Waals surface area (Å²) in [6.07, 6.45) is 5.48. The Labute approximate surface area is 188 Å². The molecule has 3 aromatic carbocycles. The first-order valence-corrected chi connectivity index (χ1v) is 11.4. The van der Waals surface area contributed by atoms with Gasteiger partial charge in [-0.25, -0.2) is 8.78 Å². The zero-order valence-corrected chi connectivity index (χ0v) is 18.4. The summed E-state index contributed by atoms with van der Waals surface area (Å²) in [5.41, 5.74) is 5.82. The van der Waals surface area contributed by atoms with Crippen LogP contribution >= 0.6 is 0 Å². The maximum Gasteiger partial charge on any atom is 0.173 e. The van der Waals surface area contributed by atoms with Crippen LogP contribution in [-0.4, -0.2) is 5.78 Å². The quantitative estimate of drug-likeness (QED) is 0.353. The van der Waals surface area contributed by atoms with E-state index >= 15 is 0 Å². The van der Waals surface area contributed by atoms with Crippen molar-refractivity contribution in [1.82, 2.24) is 0 Å². The Morgan fingerprint density at radius 1 is 0.875 bits per heavy atom. The lowest BCUT2D eigenvalue weighted by atomic mass is 9.78. The van der Waals surface area contributed by atoms with Crippen molar-refractivity contribution < 1.29 is 13.6 Å². The zero-order chi connectivity index (χ0) is 22.5. The predicted octanol–water partition coefficient (Wildman–Crippen LogP) is 7.60. The van der Waals surface area contributed by atoms with Crippen molar-refractivity contribution in [2.24, 2.45) is 5.92 Å². The molecule has 1 aliphatic rings. The normalized spacial score (nSPS) is 16.3. The Morgan fingerprint density at radius 3 is 2.22 bits per heavy atom. The molecule has 0 aliphatic heterocycles. The van der Waals surface area contributed by atoms with Crippen LogP contribution in [0.15, 0.2) is 78.4 Å². The minimum absolute atomic E-state index is 0.0169. The summed E-state index contributed by atoms with van der Waals surface area (Å²) in [6, 6.07) is 22.1. The SMILES string of the molecule is CCC1=C(c2ccc(CC(=O)c3c(F)cccc3F)cc2)CCC(Cc2ccccc2)C1. The molecule has 0 aromatic heterocycles. The summed E-state index contributed by atoms with van der Waals surface area (Å²) in [7, 11) is 0. The molecule has 164 valence electrons. The first-order valence-electron chi connectivity index (χ1n) is 11.4. The molecule has 32 heavy (non-hydrogen) atoms. The van der Waals surface area contributed by atoms with Crippen LogP contribution in [0.3, 0.4) is 0 Å². The molecular formula is C29H28F2O. The summed E-state index contributed by atoms with van der Waals surface area (Å²) < 4.78 is 27.8. The van der Waals surface area contributed by atoms with Crippen molar-refractivity contribution in [2.75, 3.05) is 0 Å². The second-order valence-corrected chi connectivity index (χ2v) is 8.63. The molecule has 0 N–H and O–H groups in total. The predicted molar refractivity (Wildman–Crippen MR) is 126 cm³/mol. The van der Waals surface area contributed by atoms with Crippen LogP contribution < -0.4 is 0 Å². The van der Waals surface area contributed by atoms with Crippen LogP contribution in [0.5, 0.6) is 0 Å². The van der Waals surface area contributed by atoms with Crippen LogP contribution in [0.1, 0.15) is 59.7 Å². The van der Waals surface area contributed by atoms with Gasteiger partial charge < -0.3 is 0 Å². The molecule has 3 heteroatoms. The Morgan fingerprint density at radius 2 is 1.56 bits per heavy atom. The second kappa shape index (κ2) is 10.0. The molecular weight excluding hydrogens is 402 g/mol. The van der Waals surface area contributed by atoms with E-state index in [0.29, 0.717) is 5.92 Å². The molecule has 0 amide bonds. The molecule has 0 heterocycles. The van der Waals surface area contributed by atoms with Gasteiger partial charge in [-0.3, -0.25) is 4.79 Å². The number of Topliss-reactive ketones (excluding diaryl/α,β-unsaturated/α-hetero) is 1. The topological polar surface area (TPSA) is 17.1 Å². The highest BCUT2D eigenvalue weighted by Gasteiger charge is 2.22. The van der Waals surface area contributed by atoms with E-state index in [1.807, 2.05) is 24.3 Å². The Kier molecular flexibility index (Phi) is 6.94. The number of carbonyl (C=O) groups excluding carboxylic acids is 1. The number of ketones is 1. The van der Waals surface area contributed by atoms with Crippen LogP contribution in [0, 0.1) is 17.6 Å². The number of hydrogen-bond acceptors (Lipinski definition) is 1. The second-order valence-electron chi connectivity index (χ2n) is 8.63. The van der Waals surface area contributed by atoms with Gasteiger partial charge in [0.05, 0.1) is 5.56 Å². The van der Waals surface area contributed by atoms with Gasteiger partial charge in [-0.05, 0) is 72.4 Å². The van der Waals surface area contributed by atoms with E-state index in [9.17, 15) is 13.6 Å². The van der Waals surface area contributed by atoms with Crippen LogP contribution in [0.25, 0.3) is 5.57 Å². The minimum Gasteiger partial charge on any atom is -0.294 e. The van der Waals surface area contributed by atoms with Gasteiger partial charge in [0.1, 0.15) is 11.6 Å². The van der Waals surface area contributed by atoms with Gasteiger partial charge in [-0.2, -0.15) is 0 Å². The summed E-state index contributed by atoms with van der Waals surface area (Å²) in [5, 5.41) is 0. The van der Waals surface area contributed by atoms with E-state index in [1.165, 1.54) is 34.8 Å². The van der Waals surface area contributed by atoms with Crippen molar-refractivity contribution >= 4 is 11.4 Å². The minimum atomic E-state index is -0.809. The van der Waals surface area contributed by atoms with E-state index in [2.05, 4.69) is 37.3 Å². The van der Waals surface area contributed by atoms with Gasteiger partial charge in [0, 0.05) is 6.42 Å². The Balaban J connectivity index is 1.46. The van der Waals surface area contributed by atoms with E-state index in [4.69, 9.17) is 0 Å². The smallest absolute Gasteiger partial charge is 0.173 e. The number of carbonyl (C=O) groups is 1. The molecule has 1 aliphatic carbocycles. The molecule has 4 rings (SSSR count). The third-order valence-corrected chi connectivity index (χ3v) is 6.47.